The molecule has 1 amide bonds. The van der Waals surface area contributed by atoms with Gasteiger partial charge in [0.1, 0.15) is 5.60 Å². The van der Waals surface area contributed by atoms with Crippen molar-refractivity contribution < 1.29 is 9.53 Å². The molecule has 2 aromatic rings. The number of alkyl carbamates (subject to hydrolysis) is 1. The number of hydrogen-bond donors (Lipinski definition) is 2. The van der Waals surface area contributed by atoms with E-state index in [2.05, 4.69) is 10.4 Å². The van der Waals surface area contributed by atoms with Crippen molar-refractivity contribution in [1.29, 1.82) is 0 Å². The van der Waals surface area contributed by atoms with Gasteiger partial charge in [-0.25, -0.2) is 4.79 Å². The monoisotopic (exact) mass is 290 g/mol. The fourth-order valence-electron chi connectivity index (χ4n) is 2.01. The lowest BCUT2D eigenvalue weighted by Gasteiger charge is -2.19. The zero-order chi connectivity index (χ0) is 15.6. The second-order valence-corrected chi connectivity index (χ2v) is 6.06. The van der Waals surface area contributed by atoms with Crippen molar-refractivity contribution >= 4 is 22.7 Å². The van der Waals surface area contributed by atoms with Crippen LogP contribution >= 0.6 is 0 Å². The molecular formula is C15H22N4O2. The van der Waals surface area contributed by atoms with E-state index in [0.717, 1.165) is 22.2 Å². The minimum absolute atomic E-state index is 0.422. The molecule has 0 aliphatic heterocycles. The number of nitrogens with two attached hydrogens (primary N) is 1. The Morgan fingerprint density at radius 1 is 1.43 bits per heavy atom. The summed E-state index contributed by atoms with van der Waals surface area (Å²) in [4.78, 5) is 11.6. The summed E-state index contributed by atoms with van der Waals surface area (Å²) in [6.45, 7) is 8.47. The zero-order valence-electron chi connectivity index (χ0n) is 12.9. The topological polar surface area (TPSA) is 82.2 Å². The van der Waals surface area contributed by atoms with E-state index < -0.39 is 11.7 Å². The molecule has 3 N–H and O–H groups in total. The highest BCUT2D eigenvalue weighted by Gasteiger charge is 2.15. The fraction of sp³-hybridized carbons (Fsp3) is 0.467. The van der Waals surface area contributed by atoms with Crippen LogP contribution in [0.4, 0.5) is 10.5 Å². The fourth-order valence-corrected chi connectivity index (χ4v) is 2.01. The number of hydrogen-bond acceptors (Lipinski definition) is 4. The van der Waals surface area contributed by atoms with Crippen molar-refractivity contribution in [2.45, 2.75) is 39.8 Å². The largest absolute Gasteiger partial charge is 0.444 e. The minimum Gasteiger partial charge on any atom is -0.444 e. The molecule has 2 rings (SSSR count). The summed E-state index contributed by atoms with van der Waals surface area (Å²) in [5, 5.41) is 8.07. The maximum absolute atomic E-state index is 11.6. The molecule has 114 valence electrons. The summed E-state index contributed by atoms with van der Waals surface area (Å²) in [6, 6.07) is 3.92. The normalized spacial score (nSPS) is 11.6. The van der Waals surface area contributed by atoms with Crippen LogP contribution in [0.5, 0.6) is 0 Å². The van der Waals surface area contributed by atoms with Gasteiger partial charge in [-0.2, -0.15) is 5.10 Å². The van der Waals surface area contributed by atoms with Gasteiger partial charge in [0.05, 0.1) is 18.3 Å². The third kappa shape index (κ3) is 3.87. The van der Waals surface area contributed by atoms with Crippen molar-refractivity contribution in [2.24, 2.45) is 0 Å². The second kappa shape index (κ2) is 5.63. The summed E-state index contributed by atoms with van der Waals surface area (Å²) in [5.41, 5.74) is 8.18. The number of aryl methyl sites for hydroxylation is 1. The molecule has 21 heavy (non-hydrogen) atoms. The molecule has 0 spiro atoms. The number of anilines is 1. The smallest absolute Gasteiger partial charge is 0.407 e. The number of amides is 1. The molecule has 0 unspecified atom stereocenters. The van der Waals surface area contributed by atoms with Crippen LogP contribution in [0.1, 0.15) is 26.3 Å². The zero-order valence-corrected chi connectivity index (χ0v) is 12.9. The maximum Gasteiger partial charge on any atom is 0.407 e. The van der Waals surface area contributed by atoms with E-state index in [9.17, 15) is 4.79 Å². The van der Waals surface area contributed by atoms with Gasteiger partial charge in [0.2, 0.25) is 0 Å². The standard InChI is InChI=1S/C15H22N4O2/c1-10-7-11-9-18-19(13(11)8-12(10)16)6-5-17-14(20)21-15(2,3)4/h7-9H,5-6,16H2,1-4H3,(H,17,20). The third-order valence-corrected chi connectivity index (χ3v) is 3.02. The Hall–Kier alpha value is -2.24. The molecule has 0 bridgehead atoms. The van der Waals surface area contributed by atoms with Gasteiger partial charge in [-0.1, -0.05) is 0 Å². The van der Waals surface area contributed by atoms with Gasteiger partial charge < -0.3 is 15.8 Å². The highest BCUT2D eigenvalue weighted by molar-refractivity contribution is 5.83. The number of ether oxygens (including phenoxy) is 1. The average molecular weight is 290 g/mol. The number of nitrogens with one attached hydrogen (secondary N) is 1. The van der Waals surface area contributed by atoms with Crippen LogP contribution in [0.3, 0.4) is 0 Å². The first-order valence-corrected chi connectivity index (χ1v) is 6.95. The van der Waals surface area contributed by atoms with Gasteiger partial charge in [-0.05, 0) is 45.4 Å². The molecule has 0 aliphatic carbocycles. The molecule has 1 aromatic heterocycles. The Kier molecular flexibility index (Phi) is 4.06. The lowest BCUT2D eigenvalue weighted by Crippen LogP contribution is -2.34. The van der Waals surface area contributed by atoms with E-state index in [4.69, 9.17) is 10.5 Å². The Morgan fingerprint density at radius 3 is 2.81 bits per heavy atom. The molecule has 0 saturated heterocycles. The molecule has 1 aromatic carbocycles. The van der Waals surface area contributed by atoms with Crippen LogP contribution in [0.2, 0.25) is 0 Å². The molecule has 1 heterocycles. The summed E-state index contributed by atoms with van der Waals surface area (Å²) >= 11 is 0. The summed E-state index contributed by atoms with van der Waals surface area (Å²) in [7, 11) is 0. The first kappa shape index (κ1) is 15.2. The highest BCUT2D eigenvalue weighted by atomic mass is 16.6. The number of aromatic nitrogens is 2. The predicted octanol–water partition coefficient (Wildman–Crippen LogP) is 2.45. The third-order valence-electron chi connectivity index (χ3n) is 3.02. The lowest BCUT2D eigenvalue weighted by atomic mass is 10.1. The van der Waals surface area contributed by atoms with E-state index in [0.29, 0.717) is 13.1 Å². The highest BCUT2D eigenvalue weighted by Crippen LogP contribution is 2.20. The summed E-state index contributed by atoms with van der Waals surface area (Å²) in [6.07, 6.45) is 1.38. The second-order valence-electron chi connectivity index (χ2n) is 6.06. The maximum atomic E-state index is 11.6. The van der Waals surface area contributed by atoms with Gasteiger partial charge in [-0.3, -0.25) is 4.68 Å². The van der Waals surface area contributed by atoms with E-state index >= 15 is 0 Å². The molecule has 0 aliphatic rings. The number of nitrogen functional groups attached to an aromatic ring is 1. The van der Waals surface area contributed by atoms with Crippen LogP contribution in [0.15, 0.2) is 18.3 Å². The average Bonchev–Trinajstić information content (AvgIpc) is 2.70. The number of carbonyl (C=O) groups excluding carboxylic acids is 1. The van der Waals surface area contributed by atoms with Crippen molar-refractivity contribution in [3.8, 4) is 0 Å². The van der Waals surface area contributed by atoms with Gasteiger partial charge in [0, 0.05) is 17.6 Å². The Labute approximate surface area is 124 Å². The molecule has 0 saturated carbocycles. The Balaban J connectivity index is 1.98. The van der Waals surface area contributed by atoms with E-state index in [1.54, 1.807) is 6.20 Å². The van der Waals surface area contributed by atoms with Gasteiger partial charge in [0.15, 0.2) is 0 Å². The summed E-state index contributed by atoms with van der Waals surface area (Å²) < 4.78 is 7.00. The van der Waals surface area contributed by atoms with E-state index in [-0.39, 0.29) is 0 Å². The van der Waals surface area contributed by atoms with Crippen LogP contribution in [0, 0.1) is 6.92 Å². The number of benzene rings is 1. The predicted molar refractivity (Wildman–Crippen MR) is 83.1 cm³/mol. The number of rotatable bonds is 3. The number of fused-ring (bicyclic) bond motifs is 1. The molecule has 6 nitrogen and oxygen atoms in total. The van der Waals surface area contributed by atoms with Crippen LogP contribution in [-0.4, -0.2) is 28.0 Å². The Bertz CT molecular complexity index is 655. The first-order chi connectivity index (χ1) is 9.76. The van der Waals surface area contributed by atoms with E-state index in [1.165, 1.54) is 0 Å². The van der Waals surface area contributed by atoms with Crippen LogP contribution < -0.4 is 11.1 Å². The molecule has 0 fully saturated rings. The van der Waals surface area contributed by atoms with Gasteiger partial charge >= 0.3 is 6.09 Å². The van der Waals surface area contributed by atoms with Gasteiger partial charge in [0.25, 0.3) is 0 Å². The van der Waals surface area contributed by atoms with Crippen molar-refractivity contribution in [1.82, 2.24) is 15.1 Å². The molecular weight excluding hydrogens is 268 g/mol. The first-order valence-electron chi connectivity index (χ1n) is 6.95. The molecule has 6 heteroatoms. The molecule has 0 radical (unpaired) electrons. The lowest BCUT2D eigenvalue weighted by molar-refractivity contribution is 0.0526. The van der Waals surface area contributed by atoms with Crippen molar-refractivity contribution in [3.63, 3.8) is 0 Å². The SMILES string of the molecule is Cc1cc2cnn(CCNC(=O)OC(C)(C)C)c2cc1N. The number of nitrogens with zero attached hydrogens (tertiary/aromatic N) is 2. The van der Waals surface area contributed by atoms with Crippen molar-refractivity contribution in [2.75, 3.05) is 12.3 Å². The molecule has 0 atom stereocenters. The Morgan fingerprint density at radius 2 is 2.14 bits per heavy atom. The van der Waals surface area contributed by atoms with Crippen LogP contribution in [-0.2, 0) is 11.3 Å². The number of carbonyl (C=O) groups is 1. The van der Waals surface area contributed by atoms with E-state index in [1.807, 2.05) is 44.5 Å². The van der Waals surface area contributed by atoms with Crippen LogP contribution in [0.25, 0.3) is 10.9 Å². The quantitative estimate of drug-likeness (QED) is 0.851. The van der Waals surface area contributed by atoms with Crippen molar-refractivity contribution in [3.05, 3.63) is 23.9 Å². The minimum atomic E-state index is -0.492. The van der Waals surface area contributed by atoms with Gasteiger partial charge in [-0.15, -0.1) is 0 Å². The summed E-state index contributed by atoms with van der Waals surface area (Å²) in [5.74, 6) is 0.